The molecular weight excluding hydrogens is 282 g/mol. The van der Waals surface area contributed by atoms with Gasteiger partial charge >= 0.3 is 6.09 Å². The molecular formula is C17H25NO4. The molecule has 0 spiro atoms. The minimum atomic E-state index is -0.520. The van der Waals surface area contributed by atoms with Gasteiger partial charge in [-0.15, -0.1) is 0 Å². The van der Waals surface area contributed by atoms with E-state index in [2.05, 4.69) is 5.32 Å². The van der Waals surface area contributed by atoms with Crippen molar-refractivity contribution in [2.45, 2.75) is 53.2 Å². The first-order chi connectivity index (χ1) is 10.2. The molecule has 0 bridgehead atoms. The van der Waals surface area contributed by atoms with Crippen LogP contribution in [-0.2, 0) is 9.47 Å². The van der Waals surface area contributed by atoms with Crippen molar-refractivity contribution in [1.29, 1.82) is 0 Å². The lowest BCUT2D eigenvalue weighted by Gasteiger charge is -2.22. The van der Waals surface area contributed by atoms with Gasteiger partial charge in [-0.25, -0.2) is 4.79 Å². The van der Waals surface area contributed by atoms with E-state index in [1.54, 1.807) is 0 Å². The van der Waals surface area contributed by atoms with E-state index in [-0.39, 0.29) is 6.10 Å². The molecule has 1 saturated heterocycles. The van der Waals surface area contributed by atoms with Crippen molar-refractivity contribution in [2.24, 2.45) is 0 Å². The Labute approximate surface area is 131 Å². The van der Waals surface area contributed by atoms with Crippen molar-refractivity contribution in [1.82, 2.24) is 0 Å². The standard InChI is InChI=1S/C17H25NO4/c1-10-7-14(21-9-13-8-20-13)11(2)12(3)15(10)18-16(19)22-17(4,5)6/h7,13H,8-9H2,1-6H3,(H,18,19)/t13-/m1/s1. The first-order valence-electron chi connectivity index (χ1n) is 7.52. The van der Waals surface area contributed by atoms with Crippen LogP contribution in [0.1, 0.15) is 37.5 Å². The summed E-state index contributed by atoms with van der Waals surface area (Å²) in [6, 6.07) is 1.94. The average Bonchev–Trinajstić information content (AvgIpc) is 3.19. The van der Waals surface area contributed by atoms with Crippen LogP contribution in [0.2, 0.25) is 0 Å². The van der Waals surface area contributed by atoms with Gasteiger partial charge < -0.3 is 14.2 Å². The molecule has 122 valence electrons. The highest BCUT2D eigenvalue weighted by atomic mass is 16.6. The minimum absolute atomic E-state index is 0.222. The van der Waals surface area contributed by atoms with Crippen molar-refractivity contribution in [3.63, 3.8) is 0 Å². The van der Waals surface area contributed by atoms with Gasteiger partial charge in [-0.05, 0) is 64.3 Å². The fourth-order valence-electron chi connectivity index (χ4n) is 2.14. The number of anilines is 1. The molecule has 22 heavy (non-hydrogen) atoms. The van der Waals surface area contributed by atoms with Crippen LogP contribution in [-0.4, -0.2) is 31.0 Å². The molecule has 2 rings (SSSR count). The fourth-order valence-corrected chi connectivity index (χ4v) is 2.14. The van der Waals surface area contributed by atoms with Gasteiger partial charge in [-0.3, -0.25) is 5.32 Å². The zero-order chi connectivity index (χ0) is 16.5. The van der Waals surface area contributed by atoms with Crippen LogP contribution in [0.25, 0.3) is 0 Å². The molecule has 0 aliphatic carbocycles. The molecule has 1 amide bonds. The van der Waals surface area contributed by atoms with E-state index in [1.807, 2.05) is 47.6 Å². The molecule has 1 aliphatic rings. The first kappa shape index (κ1) is 16.6. The lowest BCUT2D eigenvalue weighted by atomic mass is 10.0. The summed E-state index contributed by atoms with van der Waals surface area (Å²) < 4.78 is 16.3. The SMILES string of the molecule is Cc1cc(OC[C@H]2CO2)c(C)c(C)c1NC(=O)OC(C)(C)C. The third kappa shape index (κ3) is 4.37. The van der Waals surface area contributed by atoms with E-state index in [4.69, 9.17) is 14.2 Å². The zero-order valence-electron chi connectivity index (χ0n) is 14.2. The summed E-state index contributed by atoms with van der Waals surface area (Å²) in [6.07, 6.45) is -0.224. The second-order valence-electron chi connectivity index (χ2n) is 6.71. The second-order valence-corrected chi connectivity index (χ2v) is 6.71. The predicted octanol–water partition coefficient (Wildman–Crippen LogP) is 3.74. The van der Waals surface area contributed by atoms with E-state index in [0.717, 1.165) is 34.7 Å². The molecule has 1 aromatic rings. The second kappa shape index (κ2) is 6.16. The average molecular weight is 307 g/mol. The Kier molecular flexibility index (Phi) is 4.66. The summed E-state index contributed by atoms with van der Waals surface area (Å²) in [6.45, 7) is 12.8. The molecule has 1 fully saturated rings. The molecule has 0 unspecified atom stereocenters. The molecule has 5 nitrogen and oxygen atoms in total. The van der Waals surface area contributed by atoms with Crippen molar-refractivity contribution in [3.8, 4) is 5.75 Å². The summed E-state index contributed by atoms with van der Waals surface area (Å²) in [5.74, 6) is 0.834. The Hall–Kier alpha value is -1.75. The van der Waals surface area contributed by atoms with Crippen LogP contribution in [0.4, 0.5) is 10.5 Å². The maximum atomic E-state index is 12.0. The predicted molar refractivity (Wildman–Crippen MR) is 85.7 cm³/mol. The molecule has 1 heterocycles. The van der Waals surface area contributed by atoms with Gasteiger partial charge in [0.2, 0.25) is 0 Å². The number of rotatable bonds is 4. The summed E-state index contributed by atoms with van der Waals surface area (Å²) >= 11 is 0. The highest BCUT2D eigenvalue weighted by Gasteiger charge is 2.24. The fraction of sp³-hybridized carbons (Fsp3) is 0.588. The van der Waals surface area contributed by atoms with E-state index in [1.165, 1.54) is 0 Å². The number of carbonyl (C=O) groups excluding carboxylic acids is 1. The molecule has 1 N–H and O–H groups in total. The maximum absolute atomic E-state index is 12.0. The van der Waals surface area contributed by atoms with Crippen LogP contribution >= 0.6 is 0 Å². The molecule has 1 atom stereocenters. The van der Waals surface area contributed by atoms with E-state index in [0.29, 0.717) is 6.61 Å². The summed E-state index contributed by atoms with van der Waals surface area (Å²) in [4.78, 5) is 12.0. The van der Waals surface area contributed by atoms with Crippen molar-refractivity contribution in [2.75, 3.05) is 18.5 Å². The van der Waals surface area contributed by atoms with Gasteiger partial charge in [-0.2, -0.15) is 0 Å². The van der Waals surface area contributed by atoms with Crippen molar-refractivity contribution < 1.29 is 19.0 Å². The quantitative estimate of drug-likeness (QED) is 0.861. The van der Waals surface area contributed by atoms with Crippen LogP contribution in [0.5, 0.6) is 5.75 Å². The summed E-state index contributed by atoms with van der Waals surface area (Å²) in [5, 5.41) is 2.84. The third-order valence-corrected chi connectivity index (χ3v) is 3.50. The first-order valence-corrected chi connectivity index (χ1v) is 7.52. The number of nitrogens with one attached hydrogen (secondary N) is 1. The van der Waals surface area contributed by atoms with Crippen molar-refractivity contribution in [3.05, 3.63) is 22.8 Å². The molecule has 1 aliphatic heterocycles. The number of ether oxygens (including phenoxy) is 3. The molecule has 1 aromatic carbocycles. The number of aryl methyl sites for hydroxylation is 1. The number of hydrogen-bond acceptors (Lipinski definition) is 4. The summed E-state index contributed by atoms with van der Waals surface area (Å²) in [5.41, 5.74) is 3.20. The number of hydrogen-bond donors (Lipinski definition) is 1. The Morgan fingerprint density at radius 3 is 2.50 bits per heavy atom. The highest BCUT2D eigenvalue weighted by molar-refractivity contribution is 5.87. The highest BCUT2D eigenvalue weighted by Crippen LogP contribution is 2.32. The van der Waals surface area contributed by atoms with Gasteiger partial charge in [0, 0.05) is 0 Å². The van der Waals surface area contributed by atoms with Gasteiger partial charge in [0.1, 0.15) is 24.1 Å². The summed E-state index contributed by atoms with van der Waals surface area (Å²) in [7, 11) is 0. The van der Waals surface area contributed by atoms with E-state index < -0.39 is 11.7 Å². The van der Waals surface area contributed by atoms with E-state index >= 15 is 0 Å². The lowest BCUT2D eigenvalue weighted by Crippen LogP contribution is -2.27. The molecule has 0 saturated carbocycles. The van der Waals surface area contributed by atoms with Crippen LogP contribution < -0.4 is 10.1 Å². The Morgan fingerprint density at radius 1 is 1.32 bits per heavy atom. The normalized spacial score (nSPS) is 17.1. The Morgan fingerprint density at radius 2 is 1.95 bits per heavy atom. The van der Waals surface area contributed by atoms with Crippen LogP contribution in [0.15, 0.2) is 6.07 Å². The van der Waals surface area contributed by atoms with Crippen LogP contribution in [0, 0.1) is 20.8 Å². The monoisotopic (exact) mass is 307 g/mol. The van der Waals surface area contributed by atoms with Gasteiger partial charge in [0.05, 0.1) is 12.3 Å². The van der Waals surface area contributed by atoms with Gasteiger partial charge in [-0.1, -0.05) is 0 Å². The van der Waals surface area contributed by atoms with E-state index in [9.17, 15) is 4.79 Å². The van der Waals surface area contributed by atoms with Crippen molar-refractivity contribution >= 4 is 11.8 Å². The number of epoxide rings is 1. The Bertz CT molecular complexity index is 571. The lowest BCUT2D eigenvalue weighted by molar-refractivity contribution is 0.0635. The minimum Gasteiger partial charge on any atom is -0.490 e. The number of amides is 1. The van der Waals surface area contributed by atoms with Crippen LogP contribution in [0.3, 0.4) is 0 Å². The Balaban J connectivity index is 2.14. The topological polar surface area (TPSA) is 60.1 Å². The van der Waals surface area contributed by atoms with Gasteiger partial charge in [0.15, 0.2) is 0 Å². The van der Waals surface area contributed by atoms with Gasteiger partial charge in [0.25, 0.3) is 0 Å². The zero-order valence-corrected chi connectivity index (χ0v) is 14.2. The third-order valence-electron chi connectivity index (χ3n) is 3.50. The molecule has 0 aromatic heterocycles. The molecule has 5 heteroatoms. The smallest absolute Gasteiger partial charge is 0.412 e. The molecule has 0 radical (unpaired) electrons. The largest absolute Gasteiger partial charge is 0.490 e. The number of benzene rings is 1. The maximum Gasteiger partial charge on any atom is 0.412 e. The number of carbonyl (C=O) groups is 1.